The third-order valence-electron chi connectivity index (χ3n) is 3.78. The van der Waals surface area contributed by atoms with Gasteiger partial charge >= 0.3 is 0 Å². The van der Waals surface area contributed by atoms with E-state index < -0.39 is 0 Å². The molecule has 0 spiro atoms. The minimum atomic E-state index is -0.210. The first-order valence-corrected chi connectivity index (χ1v) is 9.25. The molecule has 1 aromatic carbocycles. The van der Waals surface area contributed by atoms with Crippen molar-refractivity contribution in [3.8, 4) is 11.5 Å². The zero-order chi connectivity index (χ0) is 18.5. The second-order valence-electron chi connectivity index (χ2n) is 5.84. The van der Waals surface area contributed by atoms with Crippen LogP contribution in [0.3, 0.4) is 0 Å². The van der Waals surface area contributed by atoms with Crippen LogP contribution >= 0.6 is 11.3 Å². The van der Waals surface area contributed by atoms with E-state index in [1.807, 2.05) is 41.8 Å². The molecule has 1 amide bonds. The molecule has 4 aromatic rings. The van der Waals surface area contributed by atoms with Gasteiger partial charge in [-0.1, -0.05) is 36.4 Å². The van der Waals surface area contributed by atoms with Crippen molar-refractivity contribution in [3.05, 3.63) is 76.4 Å². The molecule has 0 saturated carbocycles. The second kappa shape index (κ2) is 7.88. The average molecular weight is 376 g/mol. The van der Waals surface area contributed by atoms with E-state index in [1.54, 1.807) is 17.5 Å². The molecule has 0 saturated heterocycles. The SMILES string of the molecule is O=C(Cc1csc(Cc2ccccc2)n1)Nc1n[nH]c(-c2ccccn2)n1. The van der Waals surface area contributed by atoms with Crippen LogP contribution in [0, 0.1) is 0 Å². The Morgan fingerprint density at radius 3 is 2.74 bits per heavy atom. The number of pyridine rings is 1. The molecule has 0 aliphatic carbocycles. The van der Waals surface area contributed by atoms with Gasteiger partial charge in [-0.3, -0.25) is 20.2 Å². The molecule has 0 atom stereocenters. The highest BCUT2D eigenvalue weighted by Gasteiger charge is 2.12. The zero-order valence-corrected chi connectivity index (χ0v) is 15.1. The maximum Gasteiger partial charge on any atom is 0.249 e. The van der Waals surface area contributed by atoms with Crippen LogP contribution in [0.2, 0.25) is 0 Å². The number of carbonyl (C=O) groups excluding carboxylic acids is 1. The summed E-state index contributed by atoms with van der Waals surface area (Å²) >= 11 is 1.56. The van der Waals surface area contributed by atoms with Gasteiger partial charge in [0.15, 0.2) is 5.82 Å². The van der Waals surface area contributed by atoms with Crippen LogP contribution in [-0.2, 0) is 17.6 Å². The molecular formula is C19H16N6OS. The molecular weight excluding hydrogens is 360 g/mol. The number of benzene rings is 1. The van der Waals surface area contributed by atoms with Gasteiger partial charge in [0.2, 0.25) is 11.9 Å². The molecule has 7 nitrogen and oxygen atoms in total. The van der Waals surface area contributed by atoms with Gasteiger partial charge in [0.25, 0.3) is 0 Å². The van der Waals surface area contributed by atoms with E-state index in [1.165, 1.54) is 5.56 Å². The molecule has 8 heteroatoms. The Balaban J connectivity index is 1.35. The van der Waals surface area contributed by atoms with Gasteiger partial charge in [-0.25, -0.2) is 4.98 Å². The van der Waals surface area contributed by atoms with Crippen molar-refractivity contribution in [1.29, 1.82) is 0 Å². The summed E-state index contributed by atoms with van der Waals surface area (Å²) in [6, 6.07) is 15.6. The van der Waals surface area contributed by atoms with Crippen LogP contribution in [0.5, 0.6) is 0 Å². The maximum atomic E-state index is 12.2. The first-order valence-electron chi connectivity index (χ1n) is 8.37. The number of aromatic nitrogens is 5. The number of nitrogens with zero attached hydrogens (tertiary/aromatic N) is 4. The highest BCUT2D eigenvalue weighted by molar-refractivity contribution is 7.09. The van der Waals surface area contributed by atoms with E-state index in [-0.39, 0.29) is 18.3 Å². The van der Waals surface area contributed by atoms with Crippen LogP contribution in [0.4, 0.5) is 5.95 Å². The molecule has 0 unspecified atom stereocenters. The number of aromatic amines is 1. The predicted octanol–water partition coefficient (Wildman–Crippen LogP) is 3.10. The summed E-state index contributed by atoms with van der Waals surface area (Å²) in [6.45, 7) is 0. The van der Waals surface area contributed by atoms with Crippen molar-refractivity contribution in [2.75, 3.05) is 5.32 Å². The van der Waals surface area contributed by atoms with Crippen molar-refractivity contribution >= 4 is 23.2 Å². The normalized spacial score (nSPS) is 10.7. The Labute approximate surface area is 159 Å². The molecule has 0 aliphatic rings. The smallest absolute Gasteiger partial charge is 0.249 e. The van der Waals surface area contributed by atoms with Gasteiger partial charge in [0, 0.05) is 18.0 Å². The Hall–Kier alpha value is -3.39. The Bertz CT molecular complexity index is 1030. The number of amides is 1. The zero-order valence-electron chi connectivity index (χ0n) is 14.3. The molecule has 0 aliphatic heterocycles. The Morgan fingerprint density at radius 1 is 1.07 bits per heavy atom. The largest absolute Gasteiger partial charge is 0.293 e. The number of thiazole rings is 1. The van der Waals surface area contributed by atoms with Crippen molar-refractivity contribution in [2.45, 2.75) is 12.8 Å². The van der Waals surface area contributed by atoms with Crippen LogP contribution in [0.1, 0.15) is 16.3 Å². The maximum absolute atomic E-state index is 12.2. The highest BCUT2D eigenvalue weighted by Crippen LogP contribution is 2.16. The van der Waals surface area contributed by atoms with Gasteiger partial charge in [-0.05, 0) is 17.7 Å². The lowest BCUT2D eigenvalue weighted by Crippen LogP contribution is -2.15. The molecule has 134 valence electrons. The van der Waals surface area contributed by atoms with Gasteiger partial charge < -0.3 is 0 Å². The lowest BCUT2D eigenvalue weighted by atomic mass is 10.2. The molecule has 0 fully saturated rings. The van der Waals surface area contributed by atoms with E-state index >= 15 is 0 Å². The van der Waals surface area contributed by atoms with Crippen LogP contribution in [0.25, 0.3) is 11.5 Å². The molecule has 4 rings (SSSR count). The van der Waals surface area contributed by atoms with E-state index in [0.717, 1.165) is 17.1 Å². The molecule has 2 N–H and O–H groups in total. The van der Waals surface area contributed by atoms with Gasteiger partial charge in [0.05, 0.1) is 17.1 Å². The number of hydrogen-bond donors (Lipinski definition) is 2. The summed E-state index contributed by atoms with van der Waals surface area (Å²) in [5.41, 5.74) is 2.60. The number of H-pyrrole nitrogens is 1. The Morgan fingerprint density at radius 2 is 1.93 bits per heavy atom. The number of carbonyl (C=O) groups is 1. The molecule has 0 radical (unpaired) electrons. The molecule has 3 aromatic heterocycles. The molecule has 27 heavy (non-hydrogen) atoms. The van der Waals surface area contributed by atoms with Gasteiger partial charge in [0.1, 0.15) is 5.69 Å². The number of rotatable bonds is 6. The molecule has 3 heterocycles. The average Bonchev–Trinajstić information content (AvgIpc) is 3.33. The number of nitrogens with one attached hydrogen (secondary N) is 2. The van der Waals surface area contributed by atoms with E-state index in [4.69, 9.17) is 0 Å². The van der Waals surface area contributed by atoms with Gasteiger partial charge in [-0.2, -0.15) is 4.98 Å². The first-order chi connectivity index (χ1) is 13.3. The fourth-order valence-electron chi connectivity index (χ4n) is 2.55. The first kappa shape index (κ1) is 17.0. The lowest BCUT2D eigenvalue weighted by molar-refractivity contribution is -0.115. The fourth-order valence-corrected chi connectivity index (χ4v) is 3.38. The van der Waals surface area contributed by atoms with Gasteiger partial charge in [-0.15, -0.1) is 16.4 Å². The summed E-state index contributed by atoms with van der Waals surface area (Å²) < 4.78 is 0. The highest BCUT2D eigenvalue weighted by atomic mass is 32.1. The van der Waals surface area contributed by atoms with Crippen LogP contribution in [0.15, 0.2) is 60.1 Å². The minimum absolute atomic E-state index is 0.179. The standard InChI is InChI=1S/C19H16N6OS/c26-16(22-19-23-18(24-25-19)15-8-4-5-9-20-15)11-14-12-27-17(21-14)10-13-6-2-1-3-7-13/h1-9,12H,10-11H2,(H2,22,23,24,25,26). The van der Waals surface area contributed by atoms with Crippen LogP contribution in [-0.4, -0.2) is 31.1 Å². The van der Waals surface area contributed by atoms with E-state index in [0.29, 0.717) is 11.5 Å². The van der Waals surface area contributed by atoms with Crippen molar-refractivity contribution in [3.63, 3.8) is 0 Å². The van der Waals surface area contributed by atoms with Crippen molar-refractivity contribution in [1.82, 2.24) is 25.1 Å². The monoisotopic (exact) mass is 376 g/mol. The third-order valence-corrected chi connectivity index (χ3v) is 4.68. The fraction of sp³-hybridized carbons (Fsp3) is 0.105. The summed E-state index contributed by atoms with van der Waals surface area (Å²) in [5.74, 6) is 0.517. The number of hydrogen-bond acceptors (Lipinski definition) is 6. The lowest BCUT2D eigenvalue weighted by Gasteiger charge is -1.98. The van der Waals surface area contributed by atoms with Crippen LogP contribution < -0.4 is 5.32 Å². The van der Waals surface area contributed by atoms with E-state index in [2.05, 4.69) is 42.6 Å². The van der Waals surface area contributed by atoms with E-state index in [9.17, 15) is 4.79 Å². The minimum Gasteiger partial charge on any atom is -0.293 e. The third kappa shape index (κ3) is 4.42. The topological polar surface area (TPSA) is 96.5 Å². The quantitative estimate of drug-likeness (QED) is 0.539. The summed E-state index contributed by atoms with van der Waals surface area (Å²) in [5, 5.41) is 12.4. The predicted molar refractivity (Wildman–Crippen MR) is 103 cm³/mol. The molecule has 0 bridgehead atoms. The van der Waals surface area contributed by atoms with Crippen molar-refractivity contribution < 1.29 is 4.79 Å². The van der Waals surface area contributed by atoms with Crippen molar-refractivity contribution in [2.24, 2.45) is 0 Å². The summed E-state index contributed by atoms with van der Waals surface area (Å²) in [6.07, 6.45) is 2.62. The summed E-state index contributed by atoms with van der Waals surface area (Å²) in [7, 11) is 0. The Kier molecular flexibility index (Phi) is 4.97. The second-order valence-corrected chi connectivity index (χ2v) is 6.79. The summed E-state index contributed by atoms with van der Waals surface area (Å²) in [4.78, 5) is 25.2. The number of anilines is 1.